The highest BCUT2D eigenvalue weighted by molar-refractivity contribution is 7.80. The van der Waals surface area contributed by atoms with E-state index in [1.807, 2.05) is 13.8 Å². The first kappa shape index (κ1) is 23.9. The average molecular weight is 466 g/mol. The summed E-state index contributed by atoms with van der Waals surface area (Å²) in [5.41, 5.74) is 6.18. The first-order valence-electron chi connectivity index (χ1n) is 12.4. The van der Waals surface area contributed by atoms with Crippen LogP contribution in [0, 0.1) is 18.3 Å². The number of thiol groups is 1. The molecule has 1 aromatic heterocycles. The van der Waals surface area contributed by atoms with Crippen LogP contribution in [0.1, 0.15) is 97.5 Å². The summed E-state index contributed by atoms with van der Waals surface area (Å²) in [7, 11) is 0. The highest BCUT2D eigenvalue weighted by atomic mass is 32.1. The van der Waals surface area contributed by atoms with Crippen LogP contribution in [-0.4, -0.2) is 23.7 Å². The van der Waals surface area contributed by atoms with Gasteiger partial charge in [0.1, 0.15) is 12.6 Å². The van der Waals surface area contributed by atoms with Gasteiger partial charge in [-0.05, 0) is 62.8 Å². The second-order valence-electron chi connectivity index (χ2n) is 9.34. The maximum absolute atomic E-state index is 12.5. The van der Waals surface area contributed by atoms with Crippen LogP contribution in [0.5, 0.6) is 0 Å². The summed E-state index contributed by atoms with van der Waals surface area (Å²) < 4.78 is 7.35. The second-order valence-corrected chi connectivity index (χ2v) is 9.79. The van der Waals surface area contributed by atoms with Crippen molar-refractivity contribution in [2.45, 2.75) is 88.6 Å². The Balaban J connectivity index is 1.75. The minimum absolute atomic E-state index is 0.167. The van der Waals surface area contributed by atoms with Gasteiger partial charge < -0.3 is 14.6 Å². The number of rotatable bonds is 7. The lowest BCUT2D eigenvalue weighted by molar-refractivity contribution is -0.143. The van der Waals surface area contributed by atoms with Gasteiger partial charge in [0.2, 0.25) is 0 Å². The molecule has 1 saturated carbocycles. The number of nitriles is 1. The predicted octanol–water partition coefficient (Wildman–Crippen LogP) is 5.58. The van der Waals surface area contributed by atoms with E-state index in [0.717, 1.165) is 58.8 Å². The molecule has 33 heavy (non-hydrogen) atoms. The van der Waals surface area contributed by atoms with E-state index in [-0.39, 0.29) is 12.5 Å². The Bertz CT molecular complexity index is 1040. The number of esters is 1. The lowest BCUT2D eigenvalue weighted by atomic mass is 9.84. The molecule has 176 valence electrons. The fourth-order valence-electron chi connectivity index (χ4n) is 5.67. The molecule has 2 heterocycles. The molecule has 4 rings (SSSR count). The molecule has 1 N–H and O–H groups in total. The average Bonchev–Trinajstić information content (AvgIpc) is 3.44. The Morgan fingerprint density at radius 3 is 2.70 bits per heavy atom. The van der Waals surface area contributed by atoms with Gasteiger partial charge in [-0.25, -0.2) is 0 Å². The van der Waals surface area contributed by atoms with Crippen molar-refractivity contribution in [1.29, 1.82) is 5.26 Å². The fraction of sp³-hybridized carbons (Fsp3) is 0.556. The van der Waals surface area contributed by atoms with Gasteiger partial charge in [-0.3, -0.25) is 4.79 Å². The minimum atomic E-state index is -0.243. The molecule has 0 amide bonds. The first-order chi connectivity index (χ1) is 16.0. The molecule has 1 aromatic carbocycles. The largest absolute Gasteiger partial charge is 0.465 e. The first-order valence-corrected chi connectivity index (χ1v) is 12.8. The normalized spacial score (nSPS) is 18.9. The summed E-state index contributed by atoms with van der Waals surface area (Å²) in [5.74, 6) is 0.0765. The van der Waals surface area contributed by atoms with E-state index in [4.69, 9.17) is 17.4 Å². The lowest BCUT2D eigenvalue weighted by Crippen LogP contribution is -2.19. The fourth-order valence-corrected chi connectivity index (χ4v) is 6.05. The summed E-state index contributed by atoms with van der Waals surface area (Å²) >= 11 is 4.93. The van der Waals surface area contributed by atoms with Crippen LogP contribution < -0.4 is 5.32 Å². The Morgan fingerprint density at radius 2 is 2.03 bits per heavy atom. The smallest absolute Gasteiger partial charge is 0.325 e. The van der Waals surface area contributed by atoms with E-state index in [9.17, 15) is 10.1 Å². The van der Waals surface area contributed by atoms with E-state index in [2.05, 4.69) is 34.2 Å². The van der Waals surface area contributed by atoms with Gasteiger partial charge in [0, 0.05) is 34.7 Å². The van der Waals surface area contributed by atoms with Crippen molar-refractivity contribution in [1.82, 2.24) is 9.88 Å². The van der Waals surface area contributed by atoms with Gasteiger partial charge in [0.25, 0.3) is 0 Å². The van der Waals surface area contributed by atoms with Crippen LogP contribution in [0.25, 0.3) is 0 Å². The Morgan fingerprint density at radius 1 is 1.24 bits per heavy atom. The van der Waals surface area contributed by atoms with E-state index in [1.54, 1.807) is 0 Å². The van der Waals surface area contributed by atoms with Crippen molar-refractivity contribution < 1.29 is 9.53 Å². The number of carbonyl (C=O) groups excluding carboxylic acids is 1. The van der Waals surface area contributed by atoms with Gasteiger partial charge >= 0.3 is 5.97 Å². The SMILES string of the molecule is CCOC(=O)Cn1c(C)c(Cc2cccc(C3CCCN3)c2S)c(C#N)c1C1CCCCC1. The quantitative estimate of drug-likeness (QED) is 0.414. The van der Waals surface area contributed by atoms with Crippen molar-refractivity contribution in [2.24, 2.45) is 0 Å². The number of ether oxygens (including phenoxy) is 1. The third-order valence-electron chi connectivity index (χ3n) is 7.34. The third kappa shape index (κ3) is 5.00. The molecular formula is C27H35N3O2S. The highest BCUT2D eigenvalue weighted by Gasteiger charge is 2.29. The summed E-state index contributed by atoms with van der Waals surface area (Å²) in [6, 6.07) is 9.25. The van der Waals surface area contributed by atoms with Crippen LogP contribution in [0.4, 0.5) is 0 Å². The molecule has 2 aromatic rings. The maximum Gasteiger partial charge on any atom is 0.325 e. The number of hydrogen-bond donors (Lipinski definition) is 2. The molecule has 0 spiro atoms. The van der Waals surface area contributed by atoms with Crippen molar-refractivity contribution in [3.05, 3.63) is 51.8 Å². The van der Waals surface area contributed by atoms with Crippen LogP contribution in [0.2, 0.25) is 0 Å². The van der Waals surface area contributed by atoms with Gasteiger partial charge in [-0.2, -0.15) is 5.26 Å². The van der Waals surface area contributed by atoms with E-state index < -0.39 is 0 Å². The molecule has 2 aliphatic rings. The molecule has 1 unspecified atom stereocenters. The molecule has 5 nitrogen and oxygen atoms in total. The van der Waals surface area contributed by atoms with Crippen LogP contribution in [0.15, 0.2) is 23.1 Å². The highest BCUT2D eigenvalue weighted by Crippen LogP contribution is 2.39. The summed E-state index contributed by atoms with van der Waals surface area (Å²) in [6.45, 7) is 5.44. The second kappa shape index (κ2) is 10.8. The minimum Gasteiger partial charge on any atom is -0.465 e. The van der Waals surface area contributed by atoms with Crippen molar-refractivity contribution in [3.8, 4) is 6.07 Å². The molecule has 1 aliphatic carbocycles. The summed E-state index contributed by atoms with van der Waals surface area (Å²) in [6.07, 6.45) is 8.68. The predicted molar refractivity (Wildman–Crippen MR) is 133 cm³/mol. The summed E-state index contributed by atoms with van der Waals surface area (Å²) in [5, 5.41) is 13.8. The molecular weight excluding hydrogens is 430 g/mol. The van der Waals surface area contributed by atoms with Crippen LogP contribution in [0.3, 0.4) is 0 Å². The number of nitrogens with one attached hydrogen (secondary N) is 1. The van der Waals surface area contributed by atoms with E-state index >= 15 is 0 Å². The van der Waals surface area contributed by atoms with Gasteiger partial charge in [0.15, 0.2) is 0 Å². The van der Waals surface area contributed by atoms with Crippen molar-refractivity contribution >= 4 is 18.6 Å². The molecule has 1 atom stereocenters. The molecule has 0 bridgehead atoms. The molecule has 2 fully saturated rings. The number of benzene rings is 1. The third-order valence-corrected chi connectivity index (χ3v) is 7.89. The summed E-state index contributed by atoms with van der Waals surface area (Å²) in [4.78, 5) is 13.5. The van der Waals surface area contributed by atoms with Crippen LogP contribution >= 0.6 is 12.6 Å². The van der Waals surface area contributed by atoms with Gasteiger partial charge in [-0.1, -0.05) is 37.5 Å². The number of hydrogen-bond acceptors (Lipinski definition) is 5. The van der Waals surface area contributed by atoms with E-state index in [1.165, 1.54) is 31.2 Å². The molecule has 1 aliphatic heterocycles. The number of aromatic nitrogens is 1. The zero-order valence-corrected chi connectivity index (χ0v) is 20.7. The zero-order chi connectivity index (χ0) is 23.4. The van der Waals surface area contributed by atoms with Crippen LogP contribution in [-0.2, 0) is 22.5 Å². The lowest BCUT2D eigenvalue weighted by Gasteiger charge is -2.24. The topological polar surface area (TPSA) is 67.0 Å². The van der Waals surface area contributed by atoms with E-state index in [0.29, 0.717) is 25.0 Å². The standard InChI is InChI=1S/C27H35N3O2S/c1-3-32-25(31)17-30-18(2)22(23(16-28)26(30)19-9-5-4-6-10-19)15-20-11-7-12-21(27(20)33)24-13-8-14-29-24/h7,11-12,19,24,29,33H,3-6,8-10,13-15,17H2,1-2H3. The Labute approximate surface area is 202 Å². The monoisotopic (exact) mass is 465 g/mol. The number of nitrogens with zero attached hydrogens (tertiary/aromatic N) is 2. The molecule has 1 saturated heterocycles. The Hall–Kier alpha value is -2.23. The van der Waals surface area contributed by atoms with Gasteiger partial charge in [-0.15, -0.1) is 12.6 Å². The Kier molecular flexibility index (Phi) is 7.82. The van der Waals surface area contributed by atoms with Crippen molar-refractivity contribution in [3.63, 3.8) is 0 Å². The molecule has 0 radical (unpaired) electrons. The van der Waals surface area contributed by atoms with Gasteiger partial charge in [0.05, 0.1) is 12.2 Å². The van der Waals surface area contributed by atoms with Crippen molar-refractivity contribution in [2.75, 3.05) is 13.2 Å². The zero-order valence-electron chi connectivity index (χ0n) is 19.8. The molecule has 6 heteroatoms. The number of carbonyl (C=O) groups is 1. The maximum atomic E-state index is 12.5.